The van der Waals surface area contributed by atoms with Gasteiger partial charge in [-0.2, -0.15) is 5.43 Å². The molecule has 5 N–H and O–H groups in total. The average molecular weight is 365 g/mol. The van der Waals surface area contributed by atoms with Gasteiger partial charge in [-0.15, -0.1) is 0 Å². The largest absolute Gasteiger partial charge is 0.424 e. The molecule has 3 rings (SSSR count). The fourth-order valence-electron chi connectivity index (χ4n) is 2.84. The number of nitrogens with two attached hydrogens (primary N) is 2. The number of cyclic esters (lactones) is 1. The lowest BCUT2D eigenvalue weighted by atomic mass is 10.1. The minimum absolute atomic E-state index is 0.474. The summed E-state index contributed by atoms with van der Waals surface area (Å²) in [6.45, 7) is 2.99. The van der Waals surface area contributed by atoms with Gasteiger partial charge in [0.2, 0.25) is 0 Å². The van der Waals surface area contributed by atoms with Gasteiger partial charge in [-0.3, -0.25) is 10.6 Å². The molecule has 25 heavy (non-hydrogen) atoms. The molecular formula is C16H23N5O3S. The maximum atomic E-state index is 12.8. The van der Waals surface area contributed by atoms with Crippen molar-refractivity contribution in [3.63, 3.8) is 0 Å². The van der Waals surface area contributed by atoms with Crippen LogP contribution in [0.4, 0.5) is 10.5 Å². The summed E-state index contributed by atoms with van der Waals surface area (Å²) >= 11 is 4.31. The monoisotopic (exact) mass is 365 g/mol. The molecule has 0 radical (unpaired) electrons. The van der Waals surface area contributed by atoms with E-state index in [1.807, 2.05) is 6.07 Å². The van der Waals surface area contributed by atoms with E-state index in [2.05, 4.69) is 17.6 Å². The molecular weight excluding hydrogens is 342 g/mol. The first-order valence-electron chi connectivity index (χ1n) is 8.04. The number of thiocarbonyl (C=S) groups is 1. The molecule has 2 aliphatic heterocycles. The Morgan fingerprint density at radius 1 is 1.20 bits per heavy atom. The first-order valence-corrected chi connectivity index (χ1v) is 8.44. The summed E-state index contributed by atoms with van der Waals surface area (Å²) < 4.78 is 5.34. The van der Waals surface area contributed by atoms with Crippen LogP contribution in [0.3, 0.4) is 0 Å². The second-order valence-corrected chi connectivity index (χ2v) is 6.43. The summed E-state index contributed by atoms with van der Waals surface area (Å²) in [5.41, 5.74) is 7.74. The van der Waals surface area contributed by atoms with Crippen LogP contribution in [-0.2, 0) is 9.53 Å². The van der Waals surface area contributed by atoms with Crippen LogP contribution in [0.25, 0.3) is 0 Å². The van der Waals surface area contributed by atoms with Gasteiger partial charge >= 0.3 is 17.8 Å². The smallest absolute Gasteiger partial charge is 0.402 e. The highest BCUT2D eigenvalue weighted by Gasteiger charge is 2.58. The summed E-state index contributed by atoms with van der Waals surface area (Å²) in [6, 6.07) is 8.69. The van der Waals surface area contributed by atoms with Crippen LogP contribution < -0.4 is 21.9 Å². The molecule has 0 spiro atoms. The van der Waals surface area contributed by atoms with E-state index < -0.39 is 17.8 Å². The third-order valence-electron chi connectivity index (χ3n) is 3.92. The number of nitrogens with zero attached hydrogens (tertiary/aromatic N) is 2. The summed E-state index contributed by atoms with van der Waals surface area (Å²) in [6.07, 6.45) is 2.27. The fourth-order valence-corrected chi connectivity index (χ4v) is 2.84. The molecule has 2 heterocycles. The van der Waals surface area contributed by atoms with E-state index in [-0.39, 0.29) is 0 Å². The number of imide groups is 1. The second kappa shape index (κ2) is 8.34. The number of carbonyl (C=O) groups excluding carboxylic acids is 2. The Labute approximate surface area is 152 Å². The van der Waals surface area contributed by atoms with E-state index >= 15 is 0 Å². The second-order valence-electron chi connectivity index (χ2n) is 5.79. The van der Waals surface area contributed by atoms with Crippen LogP contribution in [0.1, 0.15) is 26.2 Å². The molecule has 1 aromatic rings. The predicted octanol–water partition coefficient (Wildman–Crippen LogP) is 1.07. The van der Waals surface area contributed by atoms with Crippen molar-refractivity contribution in [1.29, 1.82) is 0 Å². The van der Waals surface area contributed by atoms with Gasteiger partial charge in [0.25, 0.3) is 0 Å². The number of hydrogen-bond acceptors (Lipinski definition) is 7. The molecule has 1 aromatic carbocycles. The highest BCUT2D eigenvalue weighted by atomic mass is 32.1. The van der Waals surface area contributed by atoms with Gasteiger partial charge in [0, 0.05) is 13.1 Å². The fraction of sp³-hybridized carbons (Fsp3) is 0.438. The van der Waals surface area contributed by atoms with Gasteiger partial charge in [-0.05, 0) is 31.9 Å². The van der Waals surface area contributed by atoms with Gasteiger partial charge < -0.3 is 10.5 Å². The number of likely N-dealkylation sites (tertiary alicyclic amines) is 1. The van der Waals surface area contributed by atoms with Crippen LogP contribution in [0, 0.1) is 0 Å². The van der Waals surface area contributed by atoms with Crippen molar-refractivity contribution in [2.45, 2.75) is 32.0 Å². The molecule has 2 aliphatic rings. The van der Waals surface area contributed by atoms with Crippen molar-refractivity contribution in [2.24, 2.45) is 11.6 Å². The van der Waals surface area contributed by atoms with Crippen LogP contribution >= 0.6 is 12.2 Å². The van der Waals surface area contributed by atoms with Crippen molar-refractivity contribution in [3.8, 4) is 0 Å². The zero-order chi connectivity index (χ0) is 18.4. The van der Waals surface area contributed by atoms with Crippen molar-refractivity contribution >= 4 is 34.9 Å². The normalized spacial score (nSPS) is 23.7. The molecule has 1 atom stereocenters. The number of carbonyl (C=O) groups is 2. The lowest BCUT2D eigenvalue weighted by Gasteiger charge is -2.38. The number of ether oxygens (including phenoxy) is 1. The SMILES string of the molecule is CC(N)=S.NNC1(N2CCCCC2)OC(=O)N(c2ccccc2)C1=O. The van der Waals surface area contributed by atoms with E-state index in [4.69, 9.17) is 16.3 Å². The molecule has 8 nitrogen and oxygen atoms in total. The van der Waals surface area contributed by atoms with Crippen LogP contribution in [0.2, 0.25) is 0 Å². The first-order chi connectivity index (χ1) is 11.9. The molecule has 0 aliphatic carbocycles. The topological polar surface area (TPSA) is 114 Å². The number of para-hydroxylation sites is 1. The van der Waals surface area contributed by atoms with E-state index in [1.54, 1.807) is 36.1 Å². The van der Waals surface area contributed by atoms with E-state index in [0.29, 0.717) is 23.8 Å². The third-order valence-corrected chi connectivity index (χ3v) is 3.92. The van der Waals surface area contributed by atoms with E-state index in [1.165, 1.54) is 0 Å². The Balaban J connectivity index is 0.000000511. The minimum Gasteiger partial charge on any atom is -0.402 e. The number of nitrogens with one attached hydrogen (secondary N) is 1. The van der Waals surface area contributed by atoms with E-state index in [0.717, 1.165) is 24.2 Å². The summed E-state index contributed by atoms with van der Waals surface area (Å²) in [5.74, 6) is 3.49. The quantitative estimate of drug-likeness (QED) is 0.414. The highest BCUT2D eigenvalue weighted by molar-refractivity contribution is 7.80. The zero-order valence-corrected chi connectivity index (χ0v) is 14.9. The van der Waals surface area contributed by atoms with Gasteiger partial charge in [0.05, 0.1) is 10.7 Å². The average Bonchev–Trinajstić information content (AvgIpc) is 2.87. The van der Waals surface area contributed by atoms with E-state index in [9.17, 15) is 9.59 Å². The number of benzene rings is 1. The Hall–Kier alpha value is -2.07. The van der Waals surface area contributed by atoms with Crippen LogP contribution in [0.15, 0.2) is 30.3 Å². The van der Waals surface area contributed by atoms with Gasteiger partial charge in [-0.25, -0.2) is 14.6 Å². The van der Waals surface area contributed by atoms with Gasteiger partial charge in [0.15, 0.2) is 0 Å². The molecule has 0 bridgehead atoms. The van der Waals surface area contributed by atoms with Crippen molar-refractivity contribution in [3.05, 3.63) is 30.3 Å². The number of rotatable bonds is 3. The number of hydrazine groups is 1. The number of anilines is 1. The molecule has 9 heteroatoms. The number of piperidine rings is 1. The van der Waals surface area contributed by atoms with Crippen molar-refractivity contribution < 1.29 is 14.3 Å². The zero-order valence-electron chi connectivity index (χ0n) is 14.1. The van der Waals surface area contributed by atoms with Crippen LogP contribution in [0.5, 0.6) is 0 Å². The Morgan fingerprint density at radius 3 is 2.28 bits per heavy atom. The van der Waals surface area contributed by atoms with Crippen molar-refractivity contribution in [1.82, 2.24) is 10.3 Å². The molecule has 2 saturated heterocycles. The molecule has 136 valence electrons. The Kier molecular flexibility index (Phi) is 6.43. The summed E-state index contributed by atoms with van der Waals surface area (Å²) in [7, 11) is 0. The third kappa shape index (κ3) is 4.13. The standard InChI is InChI=1S/C14H18N4O3.C2H5NS/c15-16-14(17-9-5-2-6-10-17)12(19)18(13(20)21-14)11-7-3-1-4-8-11;1-2(3)4/h1,3-4,7-8,16H,2,5-6,9-10,15H2;1H3,(H2,3,4). The number of hydrogen-bond donors (Lipinski definition) is 3. The molecule has 1 unspecified atom stereocenters. The molecule has 0 aromatic heterocycles. The highest BCUT2D eigenvalue weighted by Crippen LogP contribution is 2.31. The molecule has 2 amide bonds. The summed E-state index contributed by atoms with van der Waals surface area (Å²) in [5, 5.41) is 0. The predicted molar refractivity (Wildman–Crippen MR) is 98.3 cm³/mol. The maximum Gasteiger partial charge on any atom is 0.424 e. The van der Waals surface area contributed by atoms with Gasteiger partial charge in [-0.1, -0.05) is 36.8 Å². The maximum absolute atomic E-state index is 12.8. The summed E-state index contributed by atoms with van der Waals surface area (Å²) in [4.78, 5) is 28.2. The lowest BCUT2D eigenvalue weighted by molar-refractivity contribution is -0.160. The van der Waals surface area contributed by atoms with Crippen LogP contribution in [-0.4, -0.2) is 40.8 Å². The molecule has 2 fully saturated rings. The van der Waals surface area contributed by atoms with Gasteiger partial charge in [0.1, 0.15) is 0 Å². The first kappa shape index (κ1) is 19.3. The minimum atomic E-state index is -1.59. The Morgan fingerprint density at radius 2 is 1.76 bits per heavy atom. The lowest BCUT2D eigenvalue weighted by Crippen LogP contribution is -2.67. The number of amides is 2. The molecule has 0 saturated carbocycles. The van der Waals surface area contributed by atoms with Crippen molar-refractivity contribution in [2.75, 3.05) is 18.0 Å². The Bertz CT molecular complexity index is 632.